The van der Waals surface area contributed by atoms with Gasteiger partial charge >= 0.3 is 5.97 Å². The Kier molecular flexibility index (Phi) is 22.5. The number of likely N-dealkylation sites (N-methyl/N-ethyl adjacent to an activating group) is 1. The lowest BCUT2D eigenvalue weighted by Gasteiger charge is -2.32. The molecule has 532 valence electrons. The largest absolute Gasteiger partial charge is 0.460 e. The van der Waals surface area contributed by atoms with E-state index in [4.69, 9.17) is 54.5 Å². The van der Waals surface area contributed by atoms with E-state index in [9.17, 15) is 14.4 Å². The fourth-order valence-electron chi connectivity index (χ4n) is 12.9. The molecule has 11 heterocycles. The number of benzene rings is 3. The number of esters is 1. The van der Waals surface area contributed by atoms with Gasteiger partial charge in [0.1, 0.15) is 56.2 Å². The minimum atomic E-state index is -0.569. The molecule has 3 atom stereocenters. The zero-order valence-electron chi connectivity index (χ0n) is 59.7. The van der Waals surface area contributed by atoms with Crippen LogP contribution in [0.3, 0.4) is 0 Å². The Morgan fingerprint density at radius 3 is 1.31 bits per heavy atom. The molecule has 7 aromatic heterocycles. The van der Waals surface area contributed by atoms with Gasteiger partial charge < -0.3 is 29.7 Å². The van der Waals surface area contributed by atoms with E-state index in [1.807, 2.05) is 148 Å². The van der Waals surface area contributed by atoms with E-state index in [0.29, 0.717) is 52.8 Å². The van der Waals surface area contributed by atoms with Crippen LogP contribution in [0.5, 0.6) is 0 Å². The topological polar surface area (TPSA) is 225 Å². The van der Waals surface area contributed by atoms with E-state index >= 15 is 0 Å². The maximum absolute atomic E-state index is 12.9. The number of carbonyl (C=O) groups is 3. The number of amides is 2. The Bertz CT molecular complexity index is 4810. The number of rotatable bonds is 16. The third kappa shape index (κ3) is 16.2. The molecule has 102 heavy (non-hydrogen) atoms. The molecule has 1 saturated heterocycles. The van der Waals surface area contributed by atoms with Crippen molar-refractivity contribution >= 4 is 104 Å². The minimum absolute atomic E-state index is 0.0474. The summed E-state index contributed by atoms with van der Waals surface area (Å²) in [5, 5.41) is 37.7. The molecule has 0 unspecified atom stereocenters. The Hall–Kier alpha value is -8.33. The summed E-state index contributed by atoms with van der Waals surface area (Å²) in [4.78, 5) is 62.3. The predicted octanol–water partition coefficient (Wildman–Crippen LogP) is 14.3. The van der Waals surface area contributed by atoms with Crippen molar-refractivity contribution in [2.45, 2.75) is 139 Å². The molecule has 0 aliphatic carbocycles. The molecule has 10 aromatic rings. The molecule has 3 aromatic carbocycles. The van der Waals surface area contributed by atoms with E-state index in [0.717, 1.165) is 134 Å². The molecular weight excluding hydrogens is 1410 g/mol. The van der Waals surface area contributed by atoms with Crippen molar-refractivity contribution in [1.29, 1.82) is 0 Å². The summed E-state index contributed by atoms with van der Waals surface area (Å²) in [5.41, 5.74) is 11.6. The molecule has 21 nitrogen and oxygen atoms in total. The molecule has 0 saturated carbocycles. The number of nitrogens with zero attached hydrogens (tertiary/aromatic N) is 15. The maximum Gasteiger partial charge on any atom is 0.308 e. The number of fused-ring (bicyclic) bond motifs is 9. The average molecular weight is 1490 g/mol. The first-order chi connectivity index (χ1) is 48.8. The van der Waals surface area contributed by atoms with Crippen LogP contribution in [0.2, 0.25) is 15.1 Å². The van der Waals surface area contributed by atoms with E-state index in [-0.39, 0.29) is 36.7 Å². The van der Waals surface area contributed by atoms with Gasteiger partial charge in [-0.2, -0.15) is 0 Å². The van der Waals surface area contributed by atoms with E-state index in [1.54, 1.807) is 34.0 Å². The zero-order valence-corrected chi connectivity index (χ0v) is 64.4. The van der Waals surface area contributed by atoms with E-state index in [1.165, 1.54) is 25.8 Å². The lowest BCUT2D eigenvalue weighted by molar-refractivity contribution is -0.155. The van der Waals surface area contributed by atoms with Gasteiger partial charge in [-0.3, -0.25) is 43.1 Å². The highest BCUT2D eigenvalue weighted by molar-refractivity contribution is 7.15. The number of aromatic nitrogens is 10. The summed E-state index contributed by atoms with van der Waals surface area (Å²) < 4.78 is 13.8. The van der Waals surface area contributed by atoms with E-state index < -0.39 is 17.7 Å². The van der Waals surface area contributed by atoms with Crippen molar-refractivity contribution < 1.29 is 19.1 Å². The molecule has 0 radical (unpaired) electrons. The molecule has 2 N–H and O–H groups in total. The van der Waals surface area contributed by atoms with Gasteiger partial charge in [0, 0.05) is 128 Å². The van der Waals surface area contributed by atoms with Gasteiger partial charge in [0.05, 0.1) is 30.0 Å². The second kappa shape index (κ2) is 31.3. The number of carbonyl (C=O) groups excluding carboxylic acids is 3. The van der Waals surface area contributed by atoms with E-state index in [2.05, 4.69) is 109 Å². The summed E-state index contributed by atoms with van der Waals surface area (Å²) >= 11 is 23.6. The summed E-state index contributed by atoms with van der Waals surface area (Å²) in [6, 6.07) is 25.7. The number of halogens is 3. The second-order valence-electron chi connectivity index (χ2n) is 27.0. The molecule has 14 rings (SSSR count). The van der Waals surface area contributed by atoms with Crippen LogP contribution in [0.25, 0.3) is 15.0 Å². The molecule has 4 aliphatic heterocycles. The zero-order chi connectivity index (χ0) is 72.4. The van der Waals surface area contributed by atoms with Crippen molar-refractivity contribution in [3.63, 3.8) is 0 Å². The first kappa shape index (κ1) is 73.4. The van der Waals surface area contributed by atoms with Crippen LogP contribution in [0.1, 0.15) is 164 Å². The number of ether oxygens (including phenoxy) is 1. The number of hydrogen-bond donors (Lipinski definition) is 2. The number of aliphatic imine (C=N–C) groups is 3. The van der Waals surface area contributed by atoms with Gasteiger partial charge in [-0.15, -0.1) is 64.6 Å². The monoisotopic (exact) mass is 1490 g/mol. The minimum Gasteiger partial charge on any atom is -0.460 e. The lowest BCUT2D eigenvalue weighted by atomic mass is 9.99. The summed E-state index contributed by atoms with van der Waals surface area (Å²) in [5.74, 6) is 4.10. The Morgan fingerprint density at radius 2 is 0.902 bits per heavy atom. The number of hydrogen-bond acceptors (Lipinski definition) is 18. The average Bonchev–Trinajstić information content (AvgIpc) is 1.61. The predicted molar refractivity (Wildman–Crippen MR) is 409 cm³/mol. The van der Waals surface area contributed by atoms with Gasteiger partial charge in [0.2, 0.25) is 11.8 Å². The van der Waals surface area contributed by atoms with Crippen LogP contribution in [-0.2, 0) is 25.7 Å². The highest BCUT2D eigenvalue weighted by atomic mass is 35.5. The van der Waals surface area contributed by atoms with Crippen molar-refractivity contribution in [2.75, 3.05) is 52.9 Å². The van der Waals surface area contributed by atoms with Crippen molar-refractivity contribution in [3.8, 4) is 15.0 Å². The van der Waals surface area contributed by atoms with Gasteiger partial charge in [0.15, 0.2) is 17.5 Å². The Morgan fingerprint density at radius 1 is 0.510 bits per heavy atom. The van der Waals surface area contributed by atoms with Gasteiger partial charge in [-0.1, -0.05) is 71.2 Å². The number of aryl methyl sites for hydroxylation is 6. The quantitative estimate of drug-likeness (QED) is 0.0862. The SMILES string of the molecule is Cc1sc2c(c1C)C(c1ccc(Cl)cc1)=N[C@@H](CC(=O)NCCn1cccc1)c1nnc(C)n1-2.Cc1sc2c(c1C)C(c1ccc(Cl)cc1)=N[C@@H](CC(=O)OC(C)(C)C)c1nnc(C)n1-2.Cc1sc2c(c1C)C(c1ccc(Cl)cc1)=N[C@@H](CNC(=O)CCCN1CCN(C)CC1)c1nnc(C)n1-2. The fraction of sp³-hybridized carbons (Fsp3) is 0.387. The van der Waals surface area contributed by atoms with Crippen LogP contribution < -0.4 is 10.6 Å². The lowest BCUT2D eigenvalue weighted by Crippen LogP contribution is -2.44. The van der Waals surface area contributed by atoms with Crippen LogP contribution in [0.4, 0.5) is 0 Å². The first-order valence-electron chi connectivity index (χ1n) is 34.1. The maximum atomic E-state index is 12.9. The smallest absolute Gasteiger partial charge is 0.308 e. The molecule has 2 amide bonds. The standard InChI is InChI=1S/C27H34ClN7OS.C25H25ClN6OS.C23H25ClN4O2S/c1-17-18(2)37-27-24(17)25(20-7-9-21(28)10-8-20)30-22(26-32-31-19(3)35(26)27)16-29-23(36)6-5-11-34-14-12-33(4)13-15-34;1-15-16(2)34-25-22(15)23(18-6-8-19(26)9-7-18)28-20(24-30-29-17(3)32(24)25)14-21(33)27-10-13-31-11-4-5-12-31;1-12-13(2)31-22-19(12)20(15-7-9-16(24)10-8-15)25-17(11-18(29)30-23(4,5)6)21-27-26-14(3)28(21)22/h7-10,22H,5-6,11-16H2,1-4H3,(H,29,36);4-9,11-12,20H,10,13-14H2,1-3H3,(H,27,33);7-10,17H,11H2,1-6H3/t22-;20-;17-/m000/s1. The highest BCUT2D eigenvalue weighted by Crippen LogP contribution is 2.43. The molecule has 0 spiro atoms. The third-order valence-electron chi connectivity index (χ3n) is 18.6. The number of piperazine rings is 1. The summed E-state index contributed by atoms with van der Waals surface area (Å²) in [6.07, 6.45) is 5.59. The summed E-state index contributed by atoms with van der Waals surface area (Å²) in [7, 11) is 2.16. The first-order valence-corrected chi connectivity index (χ1v) is 37.7. The van der Waals surface area contributed by atoms with Crippen LogP contribution >= 0.6 is 68.8 Å². The van der Waals surface area contributed by atoms with Gasteiger partial charge in [-0.25, -0.2) is 0 Å². The van der Waals surface area contributed by atoms with Crippen LogP contribution in [0, 0.1) is 62.3 Å². The second-order valence-corrected chi connectivity index (χ2v) is 32.0. The van der Waals surface area contributed by atoms with Gasteiger partial charge in [-0.05, 0) is 168 Å². The highest BCUT2D eigenvalue weighted by Gasteiger charge is 2.37. The number of thiophene rings is 3. The van der Waals surface area contributed by atoms with Crippen molar-refractivity contribution in [1.82, 2.24) is 69.3 Å². The van der Waals surface area contributed by atoms with Crippen LogP contribution in [-0.4, -0.2) is 152 Å². The molecule has 27 heteroatoms. The summed E-state index contributed by atoms with van der Waals surface area (Å²) in [6.45, 7) is 31.0. The van der Waals surface area contributed by atoms with Crippen molar-refractivity contribution in [3.05, 3.63) is 212 Å². The fourth-order valence-corrected chi connectivity index (χ4v) is 16.9. The Labute approximate surface area is 621 Å². The van der Waals surface area contributed by atoms with Crippen molar-refractivity contribution in [2.24, 2.45) is 15.0 Å². The van der Waals surface area contributed by atoms with Gasteiger partial charge in [0.25, 0.3) is 0 Å². The molecule has 1 fully saturated rings. The third-order valence-corrected chi connectivity index (χ3v) is 22.9. The van der Waals surface area contributed by atoms with Crippen LogP contribution in [0.15, 0.2) is 112 Å². The molecular formula is C75H84Cl3N17O4S3. The number of nitrogens with one attached hydrogen (secondary N) is 2. The molecule has 4 aliphatic rings. The normalized spacial score (nSPS) is 16.3. The Balaban J connectivity index is 0.000000145. The molecule has 0 bridgehead atoms.